The SMILES string of the molecule is CC(C)(C)OC(=O)NC(Cc1ccc(Cl)cc1)C(=O)N1CCC(C2CCCCC2)(C(N)c2nccs2)CC1. The van der Waals surface area contributed by atoms with E-state index in [1.165, 1.54) is 32.1 Å². The molecule has 38 heavy (non-hydrogen) atoms. The van der Waals surface area contributed by atoms with E-state index in [-0.39, 0.29) is 17.4 Å². The molecule has 2 aliphatic rings. The second-order valence-corrected chi connectivity index (χ2v) is 13.1. The molecule has 1 aliphatic carbocycles. The smallest absolute Gasteiger partial charge is 0.408 e. The van der Waals surface area contributed by atoms with Crippen molar-refractivity contribution in [3.63, 3.8) is 0 Å². The lowest BCUT2D eigenvalue weighted by Gasteiger charge is -2.51. The Balaban J connectivity index is 1.51. The van der Waals surface area contributed by atoms with Gasteiger partial charge in [-0.15, -0.1) is 11.3 Å². The Morgan fingerprint density at radius 2 is 1.84 bits per heavy atom. The molecule has 208 valence electrons. The molecule has 2 unspecified atom stereocenters. The molecule has 2 heterocycles. The number of halogens is 1. The van der Waals surface area contributed by atoms with Gasteiger partial charge in [-0.1, -0.05) is 43.0 Å². The Morgan fingerprint density at radius 3 is 2.42 bits per heavy atom. The third kappa shape index (κ3) is 7.07. The van der Waals surface area contributed by atoms with Crippen LogP contribution in [0.15, 0.2) is 35.8 Å². The number of alkyl carbamates (subject to hydrolysis) is 1. The largest absolute Gasteiger partial charge is 0.444 e. The quantitative estimate of drug-likeness (QED) is 0.425. The van der Waals surface area contributed by atoms with Gasteiger partial charge in [-0.2, -0.15) is 0 Å². The zero-order chi connectivity index (χ0) is 27.3. The van der Waals surface area contributed by atoms with E-state index in [1.54, 1.807) is 23.5 Å². The van der Waals surface area contributed by atoms with Crippen LogP contribution in [0.5, 0.6) is 0 Å². The summed E-state index contributed by atoms with van der Waals surface area (Å²) in [5.41, 5.74) is 7.15. The van der Waals surface area contributed by atoms with Crippen molar-refractivity contribution in [2.24, 2.45) is 17.1 Å². The summed E-state index contributed by atoms with van der Waals surface area (Å²) in [6.45, 7) is 6.65. The van der Waals surface area contributed by atoms with E-state index >= 15 is 0 Å². The molecule has 1 aromatic heterocycles. The van der Waals surface area contributed by atoms with Crippen molar-refractivity contribution >= 4 is 34.9 Å². The van der Waals surface area contributed by atoms with Gasteiger partial charge < -0.3 is 20.7 Å². The highest BCUT2D eigenvalue weighted by atomic mass is 35.5. The van der Waals surface area contributed by atoms with Crippen LogP contribution in [0.2, 0.25) is 5.02 Å². The second kappa shape index (κ2) is 12.3. The molecule has 4 rings (SSSR count). The summed E-state index contributed by atoms with van der Waals surface area (Å²) in [4.78, 5) is 33.0. The Kier molecular flexibility index (Phi) is 9.37. The van der Waals surface area contributed by atoms with E-state index in [0.29, 0.717) is 30.5 Å². The normalized spacial score (nSPS) is 20.0. The zero-order valence-electron chi connectivity index (χ0n) is 22.7. The van der Waals surface area contributed by atoms with Gasteiger partial charge in [0.2, 0.25) is 5.91 Å². The Hall–Kier alpha value is -2.16. The number of hydrogen-bond donors (Lipinski definition) is 2. The van der Waals surface area contributed by atoms with Crippen LogP contribution in [0.1, 0.15) is 82.3 Å². The number of carbonyl (C=O) groups is 2. The van der Waals surface area contributed by atoms with Gasteiger partial charge in [0.15, 0.2) is 0 Å². The Labute approximate surface area is 235 Å². The minimum absolute atomic E-state index is 0.0701. The first-order valence-corrected chi connectivity index (χ1v) is 15.0. The van der Waals surface area contributed by atoms with Crippen molar-refractivity contribution in [1.29, 1.82) is 0 Å². The van der Waals surface area contributed by atoms with Crippen LogP contribution in [0.4, 0.5) is 4.79 Å². The summed E-state index contributed by atoms with van der Waals surface area (Å²) in [5, 5.41) is 6.45. The van der Waals surface area contributed by atoms with Crippen molar-refractivity contribution < 1.29 is 14.3 Å². The van der Waals surface area contributed by atoms with Crippen molar-refractivity contribution in [3.8, 4) is 0 Å². The minimum Gasteiger partial charge on any atom is -0.444 e. The molecule has 1 saturated carbocycles. The number of nitrogens with zero attached hydrogens (tertiary/aromatic N) is 2. The van der Waals surface area contributed by atoms with E-state index in [2.05, 4.69) is 10.3 Å². The minimum atomic E-state index is -0.735. The van der Waals surface area contributed by atoms with Gasteiger partial charge in [0.05, 0.1) is 6.04 Å². The van der Waals surface area contributed by atoms with Crippen LogP contribution in [0.25, 0.3) is 0 Å². The predicted molar refractivity (Wildman–Crippen MR) is 152 cm³/mol. The monoisotopic (exact) mass is 560 g/mol. The number of rotatable bonds is 7. The Morgan fingerprint density at radius 1 is 1.18 bits per heavy atom. The third-order valence-electron chi connectivity index (χ3n) is 8.10. The first-order valence-electron chi connectivity index (χ1n) is 13.7. The maximum absolute atomic E-state index is 13.8. The lowest BCUT2D eigenvalue weighted by Crippen LogP contribution is -2.56. The number of piperidine rings is 1. The number of hydrogen-bond acceptors (Lipinski definition) is 6. The van der Waals surface area contributed by atoms with Crippen LogP contribution < -0.4 is 11.1 Å². The number of benzene rings is 1. The number of amides is 2. The lowest BCUT2D eigenvalue weighted by molar-refractivity contribution is -0.137. The number of aromatic nitrogens is 1. The molecule has 3 N–H and O–H groups in total. The van der Waals surface area contributed by atoms with E-state index in [9.17, 15) is 9.59 Å². The molecule has 0 bridgehead atoms. The summed E-state index contributed by atoms with van der Waals surface area (Å²) in [6.07, 6.45) is 9.41. The van der Waals surface area contributed by atoms with Crippen molar-refractivity contribution in [2.75, 3.05) is 13.1 Å². The summed E-state index contributed by atoms with van der Waals surface area (Å²) < 4.78 is 5.48. The fourth-order valence-electron chi connectivity index (χ4n) is 6.15. The van der Waals surface area contributed by atoms with Crippen LogP contribution in [-0.2, 0) is 16.0 Å². The van der Waals surface area contributed by atoms with E-state index in [0.717, 1.165) is 23.4 Å². The molecule has 2 aromatic rings. The first-order chi connectivity index (χ1) is 18.1. The average molecular weight is 561 g/mol. The predicted octanol–water partition coefficient (Wildman–Crippen LogP) is 6.12. The van der Waals surface area contributed by atoms with Gasteiger partial charge in [0, 0.05) is 36.1 Å². The number of nitrogens with one attached hydrogen (secondary N) is 1. The van der Waals surface area contributed by atoms with Gasteiger partial charge in [-0.05, 0) is 75.5 Å². The lowest BCUT2D eigenvalue weighted by atomic mass is 9.60. The van der Waals surface area contributed by atoms with E-state index < -0.39 is 17.7 Å². The molecule has 0 radical (unpaired) electrons. The highest BCUT2D eigenvalue weighted by Gasteiger charge is 2.48. The molecular formula is C29H41ClN4O3S. The Bertz CT molecular complexity index is 1060. The topological polar surface area (TPSA) is 97.5 Å². The molecule has 1 saturated heterocycles. The number of thiazole rings is 1. The molecule has 2 amide bonds. The van der Waals surface area contributed by atoms with Gasteiger partial charge in [-0.25, -0.2) is 9.78 Å². The van der Waals surface area contributed by atoms with Crippen molar-refractivity contribution in [1.82, 2.24) is 15.2 Å². The molecule has 1 aromatic carbocycles. The number of likely N-dealkylation sites (tertiary alicyclic amines) is 1. The van der Waals surface area contributed by atoms with Crippen LogP contribution >= 0.6 is 22.9 Å². The average Bonchev–Trinajstić information content (AvgIpc) is 3.43. The highest BCUT2D eigenvalue weighted by molar-refractivity contribution is 7.09. The van der Waals surface area contributed by atoms with Gasteiger partial charge >= 0.3 is 6.09 Å². The molecule has 1 aliphatic heterocycles. The number of nitrogens with two attached hydrogens (primary N) is 1. The standard InChI is InChI=1S/C29H41ClN4O3S/c1-28(2,3)37-27(36)33-23(19-20-9-11-22(30)12-10-20)26(35)34-16-13-29(14-17-34,21-7-5-4-6-8-21)24(31)25-32-15-18-38-25/h9-12,15,18,21,23-24H,4-8,13-14,16-17,19,31H2,1-3H3,(H,33,36). The van der Waals surface area contributed by atoms with Gasteiger partial charge in [-0.3, -0.25) is 4.79 Å². The molecule has 0 spiro atoms. The zero-order valence-corrected chi connectivity index (χ0v) is 24.3. The van der Waals surface area contributed by atoms with Crippen LogP contribution in [0.3, 0.4) is 0 Å². The maximum Gasteiger partial charge on any atom is 0.408 e. The van der Waals surface area contributed by atoms with Crippen molar-refractivity contribution in [2.45, 2.75) is 89.8 Å². The van der Waals surface area contributed by atoms with Crippen LogP contribution in [-0.4, -0.2) is 46.6 Å². The summed E-state index contributed by atoms with van der Waals surface area (Å²) >= 11 is 7.69. The number of ether oxygens (including phenoxy) is 1. The highest BCUT2D eigenvalue weighted by Crippen LogP contribution is 2.52. The van der Waals surface area contributed by atoms with E-state index in [4.69, 9.17) is 22.1 Å². The van der Waals surface area contributed by atoms with Crippen LogP contribution in [0, 0.1) is 11.3 Å². The molecule has 9 heteroatoms. The second-order valence-electron chi connectivity index (χ2n) is 11.8. The van der Waals surface area contributed by atoms with Gasteiger partial charge in [0.25, 0.3) is 0 Å². The maximum atomic E-state index is 13.8. The molecular weight excluding hydrogens is 520 g/mol. The third-order valence-corrected chi connectivity index (χ3v) is 9.21. The fraction of sp³-hybridized carbons (Fsp3) is 0.621. The molecule has 2 atom stereocenters. The molecule has 2 fully saturated rings. The fourth-order valence-corrected chi connectivity index (χ4v) is 7.04. The summed E-state index contributed by atoms with van der Waals surface area (Å²) in [5.74, 6) is 0.447. The summed E-state index contributed by atoms with van der Waals surface area (Å²) in [7, 11) is 0. The van der Waals surface area contributed by atoms with E-state index in [1.807, 2.05) is 49.4 Å². The van der Waals surface area contributed by atoms with Crippen molar-refractivity contribution in [3.05, 3.63) is 51.4 Å². The summed E-state index contributed by atoms with van der Waals surface area (Å²) in [6, 6.07) is 6.50. The number of carbonyl (C=O) groups excluding carboxylic acids is 2. The molecule has 7 nitrogen and oxygen atoms in total. The first kappa shape index (κ1) is 28.8. The van der Waals surface area contributed by atoms with Gasteiger partial charge in [0.1, 0.15) is 16.7 Å².